The summed E-state index contributed by atoms with van der Waals surface area (Å²) in [4.78, 5) is 0. The first-order valence-corrected chi connectivity index (χ1v) is 5.44. The lowest BCUT2D eigenvalue weighted by atomic mass is 9.82. The molecule has 0 spiro atoms. The van der Waals surface area contributed by atoms with Crippen LogP contribution in [0, 0.1) is 5.41 Å². The lowest BCUT2D eigenvalue weighted by Gasteiger charge is -2.25. The zero-order chi connectivity index (χ0) is 10.8. The molecule has 0 aromatic carbocycles. The number of aromatic nitrogens is 2. The summed E-state index contributed by atoms with van der Waals surface area (Å²) in [6.07, 6.45) is 6.07. The van der Waals surface area contributed by atoms with Gasteiger partial charge in [0.15, 0.2) is 0 Å². The van der Waals surface area contributed by atoms with Crippen LogP contribution in [-0.4, -0.2) is 15.2 Å². The van der Waals surface area contributed by atoms with Crippen molar-refractivity contribution in [3.05, 3.63) is 18.0 Å². The zero-order valence-electron chi connectivity index (χ0n) is 9.42. The minimum absolute atomic E-state index is 0.238. The highest BCUT2D eigenvalue weighted by atomic mass is 35.5. The molecule has 1 aromatic rings. The average molecular weight is 215 g/mol. The van der Waals surface area contributed by atoms with Gasteiger partial charge in [0, 0.05) is 18.6 Å². The highest BCUT2D eigenvalue weighted by molar-refractivity contribution is 6.20. The van der Waals surface area contributed by atoms with Gasteiger partial charge in [0.2, 0.25) is 0 Å². The quantitative estimate of drug-likeness (QED) is 0.705. The maximum Gasteiger partial charge on any atom is 0.0521 e. The molecule has 0 N–H and O–H groups in total. The molecule has 0 aliphatic heterocycles. The molecular weight excluding hydrogens is 196 g/mol. The van der Waals surface area contributed by atoms with E-state index in [1.54, 1.807) is 0 Å². The molecule has 14 heavy (non-hydrogen) atoms. The fourth-order valence-corrected chi connectivity index (χ4v) is 2.37. The van der Waals surface area contributed by atoms with E-state index in [2.05, 4.69) is 25.1 Å². The summed E-state index contributed by atoms with van der Waals surface area (Å²) in [7, 11) is 1.95. The van der Waals surface area contributed by atoms with Crippen LogP contribution in [0.15, 0.2) is 12.4 Å². The molecule has 0 saturated heterocycles. The molecule has 0 radical (unpaired) electrons. The van der Waals surface area contributed by atoms with E-state index in [1.165, 1.54) is 5.56 Å². The molecule has 0 fully saturated rings. The Labute approximate surface area is 91.3 Å². The molecule has 0 bridgehead atoms. The Bertz CT molecular complexity index is 289. The fourth-order valence-electron chi connectivity index (χ4n) is 1.95. The Balaban J connectivity index is 2.58. The van der Waals surface area contributed by atoms with Gasteiger partial charge in [-0.1, -0.05) is 13.8 Å². The Morgan fingerprint density at radius 3 is 2.64 bits per heavy atom. The third kappa shape index (κ3) is 3.70. The third-order valence-electron chi connectivity index (χ3n) is 2.27. The Hall–Kier alpha value is -0.500. The van der Waals surface area contributed by atoms with Crippen molar-refractivity contribution in [2.75, 3.05) is 0 Å². The van der Waals surface area contributed by atoms with Gasteiger partial charge in [-0.2, -0.15) is 5.10 Å². The Morgan fingerprint density at radius 2 is 2.21 bits per heavy atom. The van der Waals surface area contributed by atoms with Gasteiger partial charge in [0.25, 0.3) is 0 Å². The van der Waals surface area contributed by atoms with E-state index in [-0.39, 0.29) is 10.8 Å². The average Bonchev–Trinajstić information content (AvgIpc) is 2.30. The summed E-state index contributed by atoms with van der Waals surface area (Å²) in [5, 5.41) is 4.40. The lowest BCUT2D eigenvalue weighted by Crippen LogP contribution is -2.18. The van der Waals surface area contributed by atoms with E-state index in [0.29, 0.717) is 0 Å². The smallest absolute Gasteiger partial charge is 0.0521 e. The summed E-state index contributed by atoms with van der Waals surface area (Å²) in [6, 6.07) is 0. The highest BCUT2D eigenvalue weighted by Crippen LogP contribution is 2.28. The summed E-state index contributed by atoms with van der Waals surface area (Å²) in [5.74, 6) is 0. The van der Waals surface area contributed by atoms with Crippen molar-refractivity contribution < 1.29 is 0 Å². The van der Waals surface area contributed by atoms with Gasteiger partial charge in [-0.25, -0.2) is 0 Å². The van der Waals surface area contributed by atoms with Crippen LogP contribution in [0.25, 0.3) is 0 Å². The number of aryl methyl sites for hydroxylation is 1. The van der Waals surface area contributed by atoms with Crippen molar-refractivity contribution in [2.45, 2.75) is 39.0 Å². The lowest BCUT2D eigenvalue weighted by molar-refractivity contribution is 0.331. The fraction of sp³-hybridized carbons (Fsp3) is 0.727. The topological polar surface area (TPSA) is 17.8 Å². The molecule has 0 aliphatic rings. The minimum atomic E-state index is 0.238. The molecular formula is C11H19ClN2. The van der Waals surface area contributed by atoms with Crippen LogP contribution in [0.2, 0.25) is 0 Å². The van der Waals surface area contributed by atoms with Gasteiger partial charge in [-0.05, 0) is 30.7 Å². The maximum absolute atomic E-state index is 6.01. The van der Waals surface area contributed by atoms with Crippen LogP contribution < -0.4 is 0 Å². The summed E-state index contributed by atoms with van der Waals surface area (Å²) >= 11 is 6.01. The predicted molar refractivity (Wildman–Crippen MR) is 60.6 cm³/mol. The van der Waals surface area contributed by atoms with Crippen molar-refractivity contribution in [3.8, 4) is 0 Å². The van der Waals surface area contributed by atoms with E-state index in [9.17, 15) is 0 Å². The summed E-state index contributed by atoms with van der Waals surface area (Å²) < 4.78 is 1.84. The van der Waals surface area contributed by atoms with E-state index in [1.807, 2.05) is 24.9 Å². The predicted octanol–water partition coefficient (Wildman–Crippen LogP) is 3.01. The summed E-state index contributed by atoms with van der Waals surface area (Å²) in [6.45, 7) is 6.55. The SMILES string of the molecule is CC(Cl)CC(C)(C)Cc1cnn(C)c1. The second-order valence-electron chi connectivity index (χ2n) is 4.85. The summed E-state index contributed by atoms with van der Waals surface area (Å²) in [5.41, 5.74) is 1.54. The number of hydrogen-bond donors (Lipinski definition) is 0. The molecule has 80 valence electrons. The first-order valence-electron chi connectivity index (χ1n) is 5.01. The minimum Gasteiger partial charge on any atom is -0.276 e. The Kier molecular flexibility index (Phi) is 3.59. The van der Waals surface area contributed by atoms with Gasteiger partial charge in [0.1, 0.15) is 0 Å². The first-order chi connectivity index (χ1) is 6.39. The van der Waals surface area contributed by atoms with Crippen LogP contribution in [-0.2, 0) is 13.5 Å². The number of rotatable bonds is 4. The molecule has 1 rings (SSSR count). The number of alkyl halides is 1. The molecule has 2 nitrogen and oxygen atoms in total. The van der Waals surface area contributed by atoms with Gasteiger partial charge >= 0.3 is 0 Å². The van der Waals surface area contributed by atoms with Crippen LogP contribution >= 0.6 is 11.6 Å². The van der Waals surface area contributed by atoms with Gasteiger partial charge < -0.3 is 0 Å². The van der Waals surface area contributed by atoms with E-state index in [0.717, 1.165) is 12.8 Å². The zero-order valence-corrected chi connectivity index (χ0v) is 10.2. The third-order valence-corrected chi connectivity index (χ3v) is 2.43. The van der Waals surface area contributed by atoms with Gasteiger partial charge in [-0.3, -0.25) is 4.68 Å². The van der Waals surface area contributed by atoms with Crippen molar-refractivity contribution in [1.82, 2.24) is 9.78 Å². The number of halogens is 1. The van der Waals surface area contributed by atoms with Crippen LogP contribution in [0.4, 0.5) is 0 Å². The van der Waals surface area contributed by atoms with Crippen molar-refractivity contribution in [3.63, 3.8) is 0 Å². The monoisotopic (exact) mass is 214 g/mol. The molecule has 3 heteroatoms. The van der Waals surface area contributed by atoms with E-state index in [4.69, 9.17) is 11.6 Å². The molecule has 1 unspecified atom stereocenters. The molecule has 1 heterocycles. The van der Waals surface area contributed by atoms with Gasteiger partial charge in [0.05, 0.1) is 6.20 Å². The highest BCUT2D eigenvalue weighted by Gasteiger charge is 2.21. The molecule has 1 atom stereocenters. The normalized spacial score (nSPS) is 14.4. The molecule has 0 aliphatic carbocycles. The van der Waals surface area contributed by atoms with Crippen LogP contribution in [0.5, 0.6) is 0 Å². The molecule has 0 saturated carbocycles. The number of hydrogen-bond acceptors (Lipinski definition) is 1. The van der Waals surface area contributed by atoms with E-state index < -0.39 is 0 Å². The second-order valence-corrected chi connectivity index (χ2v) is 5.59. The standard InChI is InChI=1S/C11H19ClN2/c1-9(12)5-11(2,3)6-10-7-13-14(4)8-10/h7-9H,5-6H2,1-4H3. The van der Waals surface area contributed by atoms with Crippen molar-refractivity contribution in [2.24, 2.45) is 12.5 Å². The van der Waals surface area contributed by atoms with Crippen LogP contribution in [0.3, 0.4) is 0 Å². The first kappa shape index (κ1) is 11.6. The number of nitrogens with zero attached hydrogens (tertiary/aromatic N) is 2. The van der Waals surface area contributed by atoms with E-state index >= 15 is 0 Å². The molecule has 0 amide bonds. The maximum atomic E-state index is 6.01. The largest absolute Gasteiger partial charge is 0.276 e. The van der Waals surface area contributed by atoms with Gasteiger partial charge in [-0.15, -0.1) is 11.6 Å². The van der Waals surface area contributed by atoms with Crippen molar-refractivity contribution >= 4 is 11.6 Å². The van der Waals surface area contributed by atoms with Crippen molar-refractivity contribution in [1.29, 1.82) is 0 Å². The molecule has 1 aromatic heterocycles. The second kappa shape index (κ2) is 4.35. The van der Waals surface area contributed by atoms with Crippen LogP contribution in [0.1, 0.15) is 32.8 Å². The Morgan fingerprint density at radius 1 is 1.57 bits per heavy atom.